The summed E-state index contributed by atoms with van der Waals surface area (Å²) in [5, 5.41) is 0. The first-order chi connectivity index (χ1) is 17.2. The Bertz CT molecular complexity index is 658. The first-order valence-electron chi connectivity index (χ1n) is 15.0. The molecule has 0 unspecified atom stereocenters. The Kier molecular flexibility index (Phi) is 22.1. The molecule has 0 bridgehead atoms. The van der Waals surface area contributed by atoms with E-state index in [4.69, 9.17) is 0 Å². The lowest BCUT2D eigenvalue weighted by Gasteiger charge is -2.17. The first kappa shape index (κ1) is 33.6. The van der Waals surface area contributed by atoms with Crippen molar-refractivity contribution in [3.05, 3.63) is 71.8 Å². The number of benzene rings is 2. The van der Waals surface area contributed by atoms with Gasteiger partial charge in [0.25, 0.3) is 0 Å². The van der Waals surface area contributed by atoms with Gasteiger partial charge in [0.1, 0.15) is 0 Å². The fourth-order valence-electron chi connectivity index (χ4n) is 5.33. The van der Waals surface area contributed by atoms with Crippen molar-refractivity contribution in [1.29, 1.82) is 0 Å². The molecule has 0 amide bonds. The summed E-state index contributed by atoms with van der Waals surface area (Å²) in [5.74, 6) is 0.764. The molecular weight excluding hydrogens is 566 g/mol. The van der Waals surface area contributed by atoms with E-state index in [1.54, 1.807) is 0 Å². The van der Waals surface area contributed by atoms with Crippen LogP contribution in [0.15, 0.2) is 60.7 Å². The molecule has 204 valence electrons. The quantitative estimate of drug-likeness (QED) is 0.0696. The van der Waals surface area contributed by atoms with E-state index in [1.165, 1.54) is 133 Å². The highest BCUT2D eigenvalue weighted by Gasteiger charge is 2.11. The Labute approximate surface area is 243 Å². The van der Waals surface area contributed by atoms with Crippen LogP contribution >= 0.6 is 31.9 Å². The Hall–Kier alpha value is -0.400. The maximum absolute atomic E-state index is 2.41. The monoisotopic (exact) mass is 622 g/mol. The second-order valence-corrected chi connectivity index (χ2v) is 13.7. The van der Waals surface area contributed by atoms with E-state index >= 15 is 0 Å². The maximum Gasteiger partial charge on any atom is -0.0247 e. The zero-order chi connectivity index (χ0) is 24.8. The normalized spacial score (nSPS) is 11.2. The largest absolute Gasteiger partial charge is 0.113 e. The van der Waals surface area contributed by atoms with Gasteiger partial charge in [-0.1, -0.05) is 151 Å². The molecule has 2 aromatic rings. The minimum Gasteiger partial charge on any atom is -0.113 e. The Morgan fingerprint density at radius 1 is 0.472 bits per heavy atom. The average molecular weight is 623 g/mol. The summed E-state index contributed by atoms with van der Waals surface area (Å²) in [6.07, 6.45) is 27.1. The highest BCUT2D eigenvalue weighted by molar-refractivity contribution is 14.0. The first-order valence-corrected chi connectivity index (χ1v) is 17.4. The van der Waals surface area contributed by atoms with Gasteiger partial charge in [-0.3, -0.25) is 0 Å². The Morgan fingerprint density at radius 2 is 0.806 bits per heavy atom. The third-order valence-electron chi connectivity index (χ3n) is 7.45. The average Bonchev–Trinajstić information content (AvgIpc) is 2.87. The maximum atomic E-state index is 2.41. The summed E-state index contributed by atoms with van der Waals surface area (Å²) in [6, 6.07) is 22.2. The predicted molar refractivity (Wildman–Crippen MR) is 177 cm³/mol. The molecule has 0 atom stereocenters. The zero-order valence-corrected chi connectivity index (χ0v) is 26.9. The SMILES string of the molecule is CP(C)CCCCCCCCCCCCCCCCCC(Cc1ccccc1)Cc1ccccc1.I. The van der Waals surface area contributed by atoms with Gasteiger partial charge in [-0.15, -0.1) is 31.9 Å². The van der Waals surface area contributed by atoms with Gasteiger partial charge in [0.2, 0.25) is 0 Å². The molecule has 0 saturated heterocycles. The minimum absolute atomic E-state index is 0. The molecule has 0 aliphatic heterocycles. The van der Waals surface area contributed by atoms with Crippen LogP contribution in [0, 0.1) is 5.92 Å². The lowest BCUT2D eigenvalue weighted by molar-refractivity contribution is 0.444. The van der Waals surface area contributed by atoms with Gasteiger partial charge >= 0.3 is 0 Å². The van der Waals surface area contributed by atoms with Crippen LogP contribution < -0.4 is 0 Å². The van der Waals surface area contributed by atoms with Gasteiger partial charge in [0.15, 0.2) is 0 Å². The second-order valence-electron chi connectivity index (χ2n) is 11.1. The molecule has 2 aromatic carbocycles. The molecule has 0 fully saturated rings. The topological polar surface area (TPSA) is 0 Å². The van der Waals surface area contributed by atoms with Crippen LogP contribution in [0.1, 0.15) is 114 Å². The number of unbranched alkanes of at least 4 members (excludes halogenated alkanes) is 14. The minimum atomic E-state index is 0. The van der Waals surface area contributed by atoms with E-state index in [0.29, 0.717) is 7.92 Å². The van der Waals surface area contributed by atoms with Crippen molar-refractivity contribution < 1.29 is 0 Å². The van der Waals surface area contributed by atoms with Gasteiger partial charge in [0.05, 0.1) is 0 Å². The molecule has 36 heavy (non-hydrogen) atoms. The third-order valence-corrected chi connectivity index (χ3v) is 8.66. The van der Waals surface area contributed by atoms with E-state index in [-0.39, 0.29) is 24.0 Å². The van der Waals surface area contributed by atoms with E-state index in [9.17, 15) is 0 Å². The summed E-state index contributed by atoms with van der Waals surface area (Å²) in [4.78, 5) is 0. The lowest BCUT2D eigenvalue weighted by atomic mass is 9.88. The smallest absolute Gasteiger partial charge is 0.0247 e. The van der Waals surface area contributed by atoms with Crippen LogP contribution in [-0.2, 0) is 12.8 Å². The molecule has 0 aliphatic carbocycles. The molecule has 0 nitrogen and oxygen atoms in total. The highest BCUT2D eigenvalue weighted by Crippen LogP contribution is 2.26. The zero-order valence-electron chi connectivity index (χ0n) is 23.6. The van der Waals surface area contributed by atoms with Gasteiger partial charge in [-0.05, 0) is 62.2 Å². The Morgan fingerprint density at radius 3 is 1.17 bits per heavy atom. The summed E-state index contributed by atoms with van der Waals surface area (Å²) in [7, 11) is 0.336. The van der Waals surface area contributed by atoms with Gasteiger partial charge in [-0.2, -0.15) is 0 Å². The van der Waals surface area contributed by atoms with Crippen LogP contribution in [0.25, 0.3) is 0 Å². The van der Waals surface area contributed by atoms with Crippen molar-refractivity contribution in [3.63, 3.8) is 0 Å². The van der Waals surface area contributed by atoms with Crippen molar-refractivity contribution in [2.24, 2.45) is 5.92 Å². The summed E-state index contributed by atoms with van der Waals surface area (Å²) in [6.45, 7) is 4.82. The Balaban J connectivity index is 0.00000648. The summed E-state index contributed by atoms with van der Waals surface area (Å²) >= 11 is 0. The van der Waals surface area contributed by atoms with Crippen LogP contribution in [0.4, 0.5) is 0 Å². The third kappa shape index (κ3) is 18.8. The van der Waals surface area contributed by atoms with Crippen molar-refractivity contribution in [2.75, 3.05) is 19.5 Å². The summed E-state index contributed by atoms with van der Waals surface area (Å²) < 4.78 is 0. The fourth-order valence-corrected chi connectivity index (χ4v) is 6.19. The molecule has 0 N–H and O–H groups in total. The van der Waals surface area contributed by atoms with Crippen molar-refractivity contribution in [2.45, 2.75) is 116 Å². The second kappa shape index (κ2) is 23.7. The molecule has 2 heteroatoms. The molecule has 0 spiro atoms. The molecule has 0 saturated carbocycles. The van der Waals surface area contributed by atoms with Crippen molar-refractivity contribution in [3.8, 4) is 0 Å². The fraction of sp³-hybridized carbons (Fsp3) is 0.647. The number of rotatable bonds is 22. The van der Waals surface area contributed by atoms with Gasteiger partial charge < -0.3 is 0 Å². The number of halogens is 1. The highest BCUT2D eigenvalue weighted by atomic mass is 127. The van der Waals surface area contributed by atoms with Crippen LogP contribution in [-0.4, -0.2) is 19.5 Å². The lowest BCUT2D eigenvalue weighted by Crippen LogP contribution is -2.08. The number of hydrogen-bond acceptors (Lipinski definition) is 0. The van der Waals surface area contributed by atoms with E-state index in [1.807, 2.05) is 0 Å². The van der Waals surface area contributed by atoms with Gasteiger partial charge in [-0.25, -0.2) is 0 Å². The van der Waals surface area contributed by atoms with E-state index in [0.717, 1.165) is 5.92 Å². The number of hydrogen-bond donors (Lipinski definition) is 0. The molecule has 0 aliphatic rings. The molecule has 0 aromatic heterocycles. The van der Waals surface area contributed by atoms with Gasteiger partial charge in [0, 0.05) is 0 Å². The molecule has 0 radical (unpaired) electrons. The predicted octanol–water partition coefficient (Wildman–Crippen LogP) is 11.7. The van der Waals surface area contributed by atoms with Crippen molar-refractivity contribution >= 4 is 31.9 Å². The summed E-state index contributed by atoms with van der Waals surface area (Å²) in [5.41, 5.74) is 2.99. The van der Waals surface area contributed by atoms with E-state index in [2.05, 4.69) is 74.0 Å². The van der Waals surface area contributed by atoms with Crippen LogP contribution in [0.3, 0.4) is 0 Å². The van der Waals surface area contributed by atoms with Crippen molar-refractivity contribution in [1.82, 2.24) is 0 Å². The molecule has 0 heterocycles. The van der Waals surface area contributed by atoms with Crippen LogP contribution in [0.2, 0.25) is 0 Å². The molecule has 2 rings (SSSR count). The van der Waals surface area contributed by atoms with E-state index < -0.39 is 0 Å². The molecular formula is C34H56IP. The standard InChI is InChI=1S/C34H55P.HI/c1-35(2)29-23-15-13-11-9-7-5-3-4-6-8-10-12-14-18-28-34(30-32-24-19-16-20-25-32)31-33-26-21-17-22-27-33;/h16-17,19-22,24-27,34H,3-15,18,23,28-31H2,1-2H3;1H. The van der Waals surface area contributed by atoms with Crippen LogP contribution in [0.5, 0.6) is 0 Å².